The molecule has 7 nitrogen and oxygen atoms in total. The largest absolute Gasteiger partial charge is 0.462 e. The van der Waals surface area contributed by atoms with Crippen molar-refractivity contribution in [2.45, 2.75) is 72.3 Å². The Morgan fingerprint density at radius 1 is 1.02 bits per heavy atom. The summed E-state index contributed by atoms with van der Waals surface area (Å²) in [4.78, 5) is 45.1. The second-order valence-electron chi connectivity index (χ2n) is 10.8. The van der Waals surface area contributed by atoms with Crippen LogP contribution < -0.4 is 15.5 Å². The molecule has 0 spiro atoms. The lowest BCUT2D eigenvalue weighted by Crippen LogP contribution is -2.49. The number of ether oxygens (including phenoxy) is 1. The van der Waals surface area contributed by atoms with Gasteiger partial charge in [0.2, 0.25) is 5.91 Å². The number of urea groups is 1. The Morgan fingerprint density at radius 3 is 2.68 bits per heavy atom. The van der Waals surface area contributed by atoms with Gasteiger partial charge < -0.3 is 15.4 Å². The Balaban J connectivity index is 1.17. The molecule has 2 aromatic carbocycles. The third-order valence-electron chi connectivity index (χ3n) is 7.88. The number of aryl methyl sites for hydroxylation is 1. The highest BCUT2D eigenvalue weighted by atomic mass is 32.2. The van der Waals surface area contributed by atoms with E-state index in [9.17, 15) is 14.4 Å². The monoisotopic (exact) mass is 645 g/mol. The first-order chi connectivity index (χ1) is 21.5. The molecule has 0 fully saturated rings. The van der Waals surface area contributed by atoms with Gasteiger partial charge in [-0.3, -0.25) is 9.69 Å². The van der Waals surface area contributed by atoms with Gasteiger partial charge >= 0.3 is 12.0 Å². The molecule has 44 heavy (non-hydrogen) atoms. The standard InChI is InChI=1S/C34H35N3O4S3/c1-3-26(31(38)36-32-30(33(39)41-4-2)23-14-5-8-17-27(23)44-32)42-22-13-11-12-21(20-22)35-34(40)37-24-15-6-9-18-28(24)43-29-19-10-7-16-25(29)37/h6-7,9-13,15-16,18-20,24,26,28H,3-5,8,14,17H2,1-2H3,(H,35,40)(H,36,38). The molecule has 3 unspecified atom stereocenters. The second-order valence-corrected chi connectivity index (χ2v) is 14.4. The average Bonchev–Trinajstić information content (AvgIpc) is 3.40. The highest BCUT2D eigenvalue weighted by Crippen LogP contribution is 2.44. The number of rotatable bonds is 8. The normalized spacial score (nSPS) is 18.9. The van der Waals surface area contributed by atoms with Gasteiger partial charge in [0.15, 0.2) is 0 Å². The van der Waals surface area contributed by atoms with Gasteiger partial charge in [0.1, 0.15) is 5.00 Å². The van der Waals surface area contributed by atoms with Crippen LogP contribution >= 0.6 is 34.9 Å². The van der Waals surface area contributed by atoms with Crippen molar-refractivity contribution < 1.29 is 19.1 Å². The van der Waals surface area contributed by atoms with E-state index in [0.717, 1.165) is 46.7 Å². The van der Waals surface area contributed by atoms with Crippen molar-refractivity contribution >= 4 is 69.1 Å². The van der Waals surface area contributed by atoms with Crippen LogP contribution in [0.3, 0.4) is 0 Å². The Hall–Kier alpha value is -3.47. The van der Waals surface area contributed by atoms with Crippen LogP contribution in [-0.4, -0.2) is 41.1 Å². The SMILES string of the molecule is CCOC(=O)c1c(NC(=O)C(CC)Sc2cccc(NC(=O)N3c4ccccc4SC4C=CC=CC43)c2)sc2c1CCCC2. The number of carbonyl (C=O) groups is 3. The highest BCUT2D eigenvalue weighted by Gasteiger charge is 2.37. The van der Waals surface area contributed by atoms with Gasteiger partial charge in [-0.15, -0.1) is 34.9 Å². The van der Waals surface area contributed by atoms with E-state index < -0.39 is 0 Å². The summed E-state index contributed by atoms with van der Waals surface area (Å²) in [5, 5.41) is 6.52. The number of thioether (sulfide) groups is 2. The molecule has 0 saturated heterocycles. The summed E-state index contributed by atoms with van der Waals surface area (Å²) in [7, 11) is 0. The fraction of sp³-hybridized carbons (Fsp3) is 0.324. The molecule has 2 heterocycles. The van der Waals surface area contributed by atoms with Gasteiger partial charge in [-0.25, -0.2) is 9.59 Å². The summed E-state index contributed by atoms with van der Waals surface area (Å²) in [6.07, 6.45) is 12.7. The smallest absolute Gasteiger partial charge is 0.341 e. The molecule has 0 radical (unpaired) electrons. The predicted molar refractivity (Wildman–Crippen MR) is 182 cm³/mol. The zero-order valence-electron chi connectivity index (χ0n) is 24.7. The van der Waals surface area contributed by atoms with E-state index in [0.29, 0.717) is 22.7 Å². The van der Waals surface area contributed by atoms with E-state index in [1.807, 2.05) is 66.4 Å². The summed E-state index contributed by atoms with van der Waals surface area (Å²) >= 11 is 4.72. The highest BCUT2D eigenvalue weighted by molar-refractivity contribution is 8.00. The van der Waals surface area contributed by atoms with Gasteiger partial charge in [0, 0.05) is 20.4 Å². The van der Waals surface area contributed by atoms with Crippen molar-refractivity contribution in [3.8, 4) is 0 Å². The lowest BCUT2D eigenvalue weighted by Gasteiger charge is -2.40. The van der Waals surface area contributed by atoms with Gasteiger partial charge in [0.25, 0.3) is 0 Å². The molecule has 3 atom stereocenters. The number of para-hydroxylation sites is 1. The van der Waals surface area contributed by atoms with Crippen LogP contribution in [0.25, 0.3) is 0 Å². The Labute approximate surface area is 270 Å². The Morgan fingerprint density at radius 2 is 1.84 bits per heavy atom. The van der Waals surface area contributed by atoms with Crippen LogP contribution in [-0.2, 0) is 22.4 Å². The summed E-state index contributed by atoms with van der Waals surface area (Å²) < 4.78 is 5.36. The van der Waals surface area contributed by atoms with E-state index in [1.165, 1.54) is 28.0 Å². The molecule has 2 aliphatic carbocycles. The summed E-state index contributed by atoms with van der Waals surface area (Å²) in [6.45, 7) is 4.05. The van der Waals surface area contributed by atoms with Gasteiger partial charge in [-0.05, 0) is 74.9 Å². The molecule has 3 aromatic rings. The first-order valence-corrected chi connectivity index (χ1v) is 17.6. The number of nitrogens with one attached hydrogen (secondary N) is 2. The minimum atomic E-state index is -0.388. The van der Waals surface area contributed by atoms with Crippen molar-refractivity contribution in [3.05, 3.63) is 88.8 Å². The van der Waals surface area contributed by atoms with Crippen LogP contribution in [0.1, 0.15) is 53.9 Å². The number of benzene rings is 2. The van der Waals surface area contributed by atoms with E-state index in [-0.39, 0.29) is 41.1 Å². The molecule has 1 aliphatic heterocycles. The summed E-state index contributed by atoms with van der Waals surface area (Å²) in [6, 6.07) is 15.3. The zero-order valence-corrected chi connectivity index (χ0v) is 27.2. The maximum Gasteiger partial charge on any atom is 0.341 e. The maximum atomic E-state index is 13.7. The minimum absolute atomic E-state index is 0.0898. The average molecular weight is 646 g/mol. The molecule has 228 valence electrons. The van der Waals surface area contributed by atoms with Crippen molar-refractivity contribution in [1.82, 2.24) is 0 Å². The van der Waals surface area contributed by atoms with E-state index in [2.05, 4.69) is 28.9 Å². The van der Waals surface area contributed by atoms with Crippen LogP contribution in [0.5, 0.6) is 0 Å². The zero-order chi connectivity index (χ0) is 30.6. The number of nitrogens with zero attached hydrogens (tertiary/aromatic N) is 1. The molecule has 1 aromatic heterocycles. The number of anilines is 3. The number of allylic oxidation sites excluding steroid dienone is 2. The molecule has 6 rings (SSSR count). The number of fused-ring (bicyclic) bond motifs is 3. The number of thiophene rings is 1. The molecule has 3 amide bonds. The number of esters is 1. The lowest BCUT2D eigenvalue weighted by atomic mass is 9.95. The molecule has 10 heteroatoms. The summed E-state index contributed by atoms with van der Waals surface area (Å²) in [5.41, 5.74) is 3.10. The molecule has 3 aliphatic rings. The molecular weight excluding hydrogens is 611 g/mol. The van der Waals surface area contributed by atoms with Crippen molar-refractivity contribution in [2.75, 3.05) is 22.1 Å². The molecule has 2 N–H and O–H groups in total. The second kappa shape index (κ2) is 13.7. The number of amides is 3. The van der Waals surface area contributed by atoms with Gasteiger partial charge in [-0.1, -0.05) is 49.4 Å². The predicted octanol–water partition coefficient (Wildman–Crippen LogP) is 8.32. The number of hydrogen-bond donors (Lipinski definition) is 2. The van der Waals surface area contributed by atoms with Crippen LogP contribution in [0.2, 0.25) is 0 Å². The number of hydrogen-bond acceptors (Lipinski definition) is 7. The number of carbonyl (C=O) groups excluding carboxylic acids is 3. The molecule has 0 bridgehead atoms. The van der Waals surface area contributed by atoms with E-state index >= 15 is 0 Å². The van der Waals surface area contributed by atoms with Gasteiger partial charge in [0.05, 0.1) is 34.4 Å². The topological polar surface area (TPSA) is 87.7 Å². The van der Waals surface area contributed by atoms with Crippen molar-refractivity contribution in [2.24, 2.45) is 0 Å². The lowest BCUT2D eigenvalue weighted by molar-refractivity contribution is -0.115. The third kappa shape index (κ3) is 6.34. The van der Waals surface area contributed by atoms with E-state index in [4.69, 9.17) is 4.74 Å². The third-order valence-corrected chi connectivity index (χ3v) is 11.7. The Bertz CT molecular complexity index is 1630. The maximum absolute atomic E-state index is 13.7. The van der Waals surface area contributed by atoms with Crippen molar-refractivity contribution in [3.63, 3.8) is 0 Å². The quantitative estimate of drug-likeness (QED) is 0.189. The minimum Gasteiger partial charge on any atom is -0.462 e. The Kier molecular flexibility index (Phi) is 9.49. The van der Waals surface area contributed by atoms with Crippen LogP contribution in [0.4, 0.5) is 21.2 Å². The van der Waals surface area contributed by atoms with Crippen LogP contribution in [0, 0.1) is 0 Å². The first-order valence-electron chi connectivity index (χ1n) is 15.1. The van der Waals surface area contributed by atoms with E-state index in [1.54, 1.807) is 18.7 Å². The van der Waals surface area contributed by atoms with Crippen LogP contribution in [0.15, 0.2) is 82.6 Å². The summed E-state index contributed by atoms with van der Waals surface area (Å²) in [5.74, 6) is -0.519. The molecular formula is C34H35N3O4S3. The fourth-order valence-electron chi connectivity index (χ4n) is 5.81. The van der Waals surface area contributed by atoms with Gasteiger partial charge in [-0.2, -0.15) is 0 Å². The first kappa shape index (κ1) is 30.6. The fourth-order valence-corrected chi connectivity index (χ4v) is 9.36. The molecule has 0 saturated carbocycles. The van der Waals surface area contributed by atoms with Crippen molar-refractivity contribution in [1.29, 1.82) is 0 Å².